The van der Waals surface area contributed by atoms with E-state index in [2.05, 4.69) is 6.07 Å². The van der Waals surface area contributed by atoms with E-state index >= 15 is 0 Å². The summed E-state index contributed by atoms with van der Waals surface area (Å²) in [5.74, 6) is 1.72. The van der Waals surface area contributed by atoms with Gasteiger partial charge in [-0.05, 0) is 24.3 Å². The Morgan fingerprint density at radius 3 is 2.64 bits per heavy atom. The number of quaternary nitrogens is 1. The predicted octanol–water partition coefficient (Wildman–Crippen LogP) is 3.93. The number of amides is 1. The first kappa shape index (κ1) is 13.8. The summed E-state index contributed by atoms with van der Waals surface area (Å²) in [5.41, 5.74) is 2.01. The summed E-state index contributed by atoms with van der Waals surface area (Å²) in [4.78, 5) is 13.0. The maximum absolute atomic E-state index is 13.0. The molecule has 1 saturated heterocycles. The quantitative estimate of drug-likeness (QED) is 0.689. The van der Waals surface area contributed by atoms with E-state index in [1.54, 1.807) is 0 Å². The minimum absolute atomic E-state index is 0.124. The van der Waals surface area contributed by atoms with Crippen LogP contribution >= 0.6 is 11.6 Å². The largest absolute Gasteiger partial charge is 0.457 e. The van der Waals surface area contributed by atoms with E-state index in [0.717, 1.165) is 29.2 Å². The van der Waals surface area contributed by atoms with Crippen LogP contribution in [0.25, 0.3) is 0 Å². The first-order chi connectivity index (χ1) is 10.5. The SMILES string of the molecule is C[N+]1(C)CC2c3ccccc3Oc3ccc(Cl)cc3C2C1=O. The number of likely N-dealkylation sites (tertiary alicyclic amines) is 1. The minimum Gasteiger partial charge on any atom is -0.457 e. The summed E-state index contributed by atoms with van der Waals surface area (Å²) >= 11 is 6.18. The first-order valence-corrected chi connectivity index (χ1v) is 7.79. The molecule has 3 nitrogen and oxygen atoms in total. The van der Waals surface area contributed by atoms with Crippen LogP contribution in [0.5, 0.6) is 11.5 Å². The Morgan fingerprint density at radius 1 is 1.09 bits per heavy atom. The number of halogens is 1. The average molecular weight is 315 g/mol. The number of benzene rings is 2. The fourth-order valence-corrected chi connectivity index (χ4v) is 3.90. The maximum atomic E-state index is 13.0. The Hall–Kier alpha value is -1.84. The molecule has 2 aromatic rings. The fourth-order valence-electron chi connectivity index (χ4n) is 3.72. The van der Waals surface area contributed by atoms with Gasteiger partial charge in [-0.3, -0.25) is 4.48 Å². The number of fused-ring (bicyclic) bond motifs is 5. The van der Waals surface area contributed by atoms with Crippen molar-refractivity contribution >= 4 is 17.5 Å². The Morgan fingerprint density at radius 2 is 1.82 bits per heavy atom. The number of hydrogen-bond acceptors (Lipinski definition) is 2. The third kappa shape index (κ3) is 1.89. The molecule has 2 aromatic carbocycles. The lowest BCUT2D eigenvalue weighted by molar-refractivity contribution is -0.805. The zero-order valence-electron chi connectivity index (χ0n) is 12.5. The second-order valence-corrected chi connectivity index (χ2v) is 7.05. The smallest absolute Gasteiger partial charge is 0.321 e. The number of carbonyl (C=O) groups excluding carboxylic acids is 1. The minimum atomic E-state index is -0.202. The Kier molecular flexibility index (Phi) is 2.87. The second kappa shape index (κ2) is 4.58. The lowest BCUT2D eigenvalue weighted by Crippen LogP contribution is -2.41. The predicted molar refractivity (Wildman–Crippen MR) is 85.4 cm³/mol. The molecule has 0 bridgehead atoms. The summed E-state index contributed by atoms with van der Waals surface area (Å²) in [6, 6.07) is 13.6. The molecule has 2 aliphatic heterocycles. The molecule has 4 rings (SSSR count). The van der Waals surface area contributed by atoms with E-state index in [1.165, 1.54) is 0 Å². The molecule has 2 aliphatic rings. The van der Waals surface area contributed by atoms with Gasteiger partial charge in [0.15, 0.2) is 0 Å². The van der Waals surface area contributed by atoms with Gasteiger partial charge in [0.25, 0.3) is 0 Å². The molecule has 112 valence electrons. The van der Waals surface area contributed by atoms with E-state index in [4.69, 9.17) is 16.3 Å². The lowest BCUT2D eigenvalue weighted by atomic mass is 9.84. The van der Waals surface area contributed by atoms with Crippen molar-refractivity contribution in [3.05, 3.63) is 58.6 Å². The topological polar surface area (TPSA) is 26.3 Å². The van der Waals surface area contributed by atoms with Gasteiger partial charge in [-0.25, -0.2) is 4.79 Å². The normalized spacial score (nSPS) is 24.8. The van der Waals surface area contributed by atoms with Gasteiger partial charge in [0.05, 0.1) is 26.6 Å². The number of ether oxygens (including phenoxy) is 1. The van der Waals surface area contributed by atoms with Crippen LogP contribution in [0.2, 0.25) is 5.02 Å². The molecule has 0 N–H and O–H groups in total. The molecule has 0 spiro atoms. The number of likely N-dealkylation sites (N-methyl/N-ethyl adjacent to an activating group) is 1. The van der Waals surface area contributed by atoms with Crippen LogP contribution in [0.1, 0.15) is 23.0 Å². The molecular weight excluding hydrogens is 298 g/mol. The van der Waals surface area contributed by atoms with Gasteiger partial charge in [-0.1, -0.05) is 29.8 Å². The molecule has 2 atom stereocenters. The van der Waals surface area contributed by atoms with Crippen molar-refractivity contribution < 1.29 is 14.0 Å². The van der Waals surface area contributed by atoms with Gasteiger partial charge in [0.1, 0.15) is 17.4 Å². The molecule has 4 heteroatoms. The van der Waals surface area contributed by atoms with Gasteiger partial charge in [0, 0.05) is 16.1 Å². The molecule has 0 saturated carbocycles. The molecule has 1 fully saturated rings. The van der Waals surface area contributed by atoms with Gasteiger partial charge in [-0.2, -0.15) is 0 Å². The van der Waals surface area contributed by atoms with E-state index in [0.29, 0.717) is 9.51 Å². The highest BCUT2D eigenvalue weighted by Gasteiger charge is 2.53. The van der Waals surface area contributed by atoms with Crippen molar-refractivity contribution in [3.8, 4) is 11.5 Å². The highest BCUT2D eigenvalue weighted by atomic mass is 35.5. The maximum Gasteiger partial charge on any atom is 0.321 e. The fraction of sp³-hybridized carbons (Fsp3) is 0.278. The molecule has 0 aliphatic carbocycles. The highest BCUT2D eigenvalue weighted by Crippen LogP contribution is 2.51. The van der Waals surface area contributed by atoms with Crippen LogP contribution in [0.15, 0.2) is 42.5 Å². The molecule has 2 heterocycles. The number of rotatable bonds is 0. The van der Waals surface area contributed by atoms with E-state index in [-0.39, 0.29) is 17.7 Å². The molecule has 1 amide bonds. The number of nitrogens with zero attached hydrogens (tertiary/aromatic N) is 1. The van der Waals surface area contributed by atoms with E-state index < -0.39 is 0 Å². The molecule has 2 unspecified atom stereocenters. The van der Waals surface area contributed by atoms with Crippen LogP contribution < -0.4 is 4.74 Å². The number of carbonyl (C=O) groups is 1. The van der Waals surface area contributed by atoms with Crippen LogP contribution in [-0.4, -0.2) is 31.0 Å². The van der Waals surface area contributed by atoms with Crippen LogP contribution in [0.4, 0.5) is 0 Å². The zero-order chi connectivity index (χ0) is 15.5. The Balaban J connectivity index is 1.99. The summed E-state index contributed by atoms with van der Waals surface area (Å²) < 4.78 is 6.48. The third-order valence-electron chi connectivity index (χ3n) is 4.76. The molecular formula is C18H17ClNO2+. The van der Waals surface area contributed by atoms with Crippen molar-refractivity contribution in [3.63, 3.8) is 0 Å². The van der Waals surface area contributed by atoms with E-state index in [9.17, 15) is 4.79 Å². The van der Waals surface area contributed by atoms with Crippen molar-refractivity contribution in [2.24, 2.45) is 0 Å². The number of para-hydroxylation sites is 1. The summed E-state index contributed by atoms with van der Waals surface area (Å²) in [7, 11) is 3.95. The van der Waals surface area contributed by atoms with Crippen molar-refractivity contribution in [1.29, 1.82) is 0 Å². The van der Waals surface area contributed by atoms with Gasteiger partial charge in [-0.15, -0.1) is 0 Å². The monoisotopic (exact) mass is 314 g/mol. The van der Waals surface area contributed by atoms with Crippen molar-refractivity contribution in [2.45, 2.75) is 11.8 Å². The van der Waals surface area contributed by atoms with Gasteiger partial charge in [0.2, 0.25) is 0 Å². The standard InChI is InChI=1S/C18H17ClNO2/c1-20(2)10-14-12-5-3-4-6-15(12)22-16-8-7-11(19)9-13(16)17(14)18(20)21/h3-9,14,17H,10H2,1-2H3/q+1. The van der Waals surface area contributed by atoms with Crippen LogP contribution in [0.3, 0.4) is 0 Å². The number of hydrogen-bond donors (Lipinski definition) is 0. The van der Waals surface area contributed by atoms with Gasteiger partial charge < -0.3 is 4.74 Å². The lowest BCUT2D eigenvalue weighted by Gasteiger charge is -2.21. The Bertz CT molecular complexity index is 784. The molecule has 22 heavy (non-hydrogen) atoms. The third-order valence-corrected chi connectivity index (χ3v) is 5.00. The van der Waals surface area contributed by atoms with Crippen LogP contribution in [0, 0.1) is 0 Å². The highest BCUT2D eigenvalue weighted by molar-refractivity contribution is 6.30. The van der Waals surface area contributed by atoms with Crippen molar-refractivity contribution in [2.75, 3.05) is 20.6 Å². The van der Waals surface area contributed by atoms with Crippen molar-refractivity contribution in [1.82, 2.24) is 0 Å². The first-order valence-electron chi connectivity index (χ1n) is 7.41. The molecule has 0 aromatic heterocycles. The zero-order valence-corrected chi connectivity index (χ0v) is 13.3. The summed E-state index contributed by atoms with van der Waals surface area (Å²) in [6.07, 6.45) is 0. The summed E-state index contributed by atoms with van der Waals surface area (Å²) in [5, 5.41) is 0.636. The summed E-state index contributed by atoms with van der Waals surface area (Å²) in [6.45, 7) is 0.774. The second-order valence-electron chi connectivity index (χ2n) is 6.61. The van der Waals surface area contributed by atoms with Gasteiger partial charge >= 0.3 is 5.91 Å². The average Bonchev–Trinajstić information content (AvgIpc) is 2.64. The Labute approximate surface area is 134 Å². The molecule has 0 radical (unpaired) electrons. The van der Waals surface area contributed by atoms with Crippen LogP contribution in [-0.2, 0) is 4.79 Å². The van der Waals surface area contributed by atoms with E-state index in [1.807, 2.05) is 50.5 Å².